The molecule has 0 aliphatic carbocycles. The van der Waals surface area contributed by atoms with Crippen molar-refractivity contribution < 1.29 is 4.79 Å². The number of rotatable bonds is 7. The van der Waals surface area contributed by atoms with Crippen LogP contribution >= 0.6 is 0 Å². The Kier molecular flexibility index (Phi) is 5.95. The van der Waals surface area contributed by atoms with E-state index in [1.54, 1.807) is 22.8 Å². The van der Waals surface area contributed by atoms with Crippen LogP contribution in [0.5, 0.6) is 0 Å². The molecule has 2 aromatic carbocycles. The van der Waals surface area contributed by atoms with Gasteiger partial charge in [0.05, 0.1) is 10.9 Å². The zero-order valence-corrected chi connectivity index (χ0v) is 17.6. The molecule has 0 radical (unpaired) electrons. The lowest BCUT2D eigenvalue weighted by molar-refractivity contribution is 0.0951. The fourth-order valence-corrected chi connectivity index (χ4v) is 3.98. The van der Waals surface area contributed by atoms with Gasteiger partial charge in [0.25, 0.3) is 11.5 Å². The maximum Gasteiger partial charge on any atom is 0.261 e. The van der Waals surface area contributed by atoms with Crippen molar-refractivity contribution in [2.24, 2.45) is 0 Å². The molecular weight excluding hydrogens is 376 g/mol. The summed E-state index contributed by atoms with van der Waals surface area (Å²) in [6.45, 7) is 8.52. The quantitative estimate of drug-likeness (QED) is 0.657. The second kappa shape index (κ2) is 8.79. The molecule has 6 heteroatoms. The predicted molar refractivity (Wildman–Crippen MR) is 119 cm³/mol. The van der Waals surface area contributed by atoms with Gasteiger partial charge in [0.2, 0.25) is 0 Å². The first-order valence-corrected chi connectivity index (χ1v) is 10.7. The van der Waals surface area contributed by atoms with Crippen LogP contribution in [0, 0.1) is 0 Å². The number of hydrogen-bond donors (Lipinski definition) is 1. The van der Waals surface area contributed by atoms with Crippen LogP contribution in [0.15, 0.2) is 47.3 Å². The summed E-state index contributed by atoms with van der Waals surface area (Å²) < 4.78 is 1.74. The summed E-state index contributed by atoms with van der Waals surface area (Å²) in [4.78, 5) is 32.2. The van der Waals surface area contributed by atoms with Gasteiger partial charge >= 0.3 is 0 Å². The Morgan fingerprint density at radius 1 is 1.10 bits per heavy atom. The van der Waals surface area contributed by atoms with E-state index in [9.17, 15) is 9.59 Å². The van der Waals surface area contributed by atoms with E-state index in [4.69, 9.17) is 0 Å². The first kappa shape index (κ1) is 20.3. The van der Waals surface area contributed by atoms with Crippen molar-refractivity contribution in [2.45, 2.75) is 46.3 Å². The fraction of sp³-hybridized carbons (Fsp3) is 0.375. The van der Waals surface area contributed by atoms with Crippen molar-refractivity contribution in [3.63, 3.8) is 0 Å². The van der Waals surface area contributed by atoms with Crippen LogP contribution in [0.4, 0.5) is 0 Å². The molecule has 0 atom stereocenters. The molecule has 2 heterocycles. The van der Waals surface area contributed by atoms with Gasteiger partial charge in [0.1, 0.15) is 5.82 Å². The average molecular weight is 405 g/mol. The van der Waals surface area contributed by atoms with Gasteiger partial charge in [-0.25, -0.2) is 4.98 Å². The van der Waals surface area contributed by atoms with Gasteiger partial charge in [0.15, 0.2) is 0 Å². The normalized spacial score (nSPS) is 13.0. The Labute approximate surface area is 176 Å². The van der Waals surface area contributed by atoms with E-state index in [2.05, 4.69) is 53.3 Å². The highest BCUT2D eigenvalue weighted by Crippen LogP contribution is 2.16. The van der Waals surface area contributed by atoms with Gasteiger partial charge in [0, 0.05) is 31.6 Å². The van der Waals surface area contributed by atoms with Crippen LogP contribution in [0.25, 0.3) is 10.9 Å². The predicted octanol–water partition coefficient (Wildman–Crippen LogP) is 3.11. The first-order valence-electron chi connectivity index (χ1n) is 10.7. The van der Waals surface area contributed by atoms with Crippen LogP contribution in [-0.4, -0.2) is 33.4 Å². The van der Waals surface area contributed by atoms with Gasteiger partial charge < -0.3 is 5.32 Å². The highest BCUT2D eigenvalue weighted by atomic mass is 16.1. The van der Waals surface area contributed by atoms with Crippen LogP contribution in [-0.2, 0) is 26.1 Å². The van der Waals surface area contributed by atoms with Gasteiger partial charge in [-0.05, 0) is 48.8 Å². The van der Waals surface area contributed by atoms with Crippen LogP contribution in [0.2, 0.25) is 0 Å². The molecule has 0 unspecified atom stereocenters. The molecule has 6 nitrogen and oxygen atoms in total. The Hall–Kier alpha value is -2.99. The molecule has 0 saturated carbocycles. The number of carbonyl (C=O) groups is 1. The van der Waals surface area contributed by atoms with Crippen LogP contribution in [0.1, 0.15) is 47.6 Å². The molecule has 0 bridgehead atoms. The Morgan fingerprint density at radius 3 is 2.57 bits per heavy atom. The molecule has 1 N–H and O–H groups in total. The maximum absolute atomic E-state index is 12.6. The lowest BCUT2D eigenvalue weighted by Crippen LogP contribution is -2.24. The number of fused-ring (bicyclic) bond motifs is 2. The molecule has 1 aliphatic heterocycles. The third-order valence-corrected chi connectivity index (χ3v) is 5.86. The molecule has 1 aromatic heterocycles. The molecule has 4 rings (SSSR count). The van der Waals surface area contributed by atoms with Gasteiger partial charge in [-0.1, -0.05) is 38.1 Å². The van der Waals surface area contributed by atoms with Crippen molar-refractivity contribution >= 4 is 16.8 Å². The van der Waals surface area contributed by atoms with Crippen molar-refractivity contribution in [3.8, 4) is 0 Å². The van der Waals surface area contributed by atoms with Gasteiger partial charge in [-0.3, -0.25) is 19.1 Å². The number of nitrogens with zero attached hydrogens (tertiary/aromatic N) is 3. The molecule has 30 heavy (non-hydrogen) atoms. The van der Waals surface area contributed by atoms with E-state index in [0.717, 1.165) is 50.4 Å². The third-order valence-electron chi connectivity index (χ3n) is 5.86. The summed E-state index contributed by atoms with van der Waals surface area (Å²) >= 11 is 0. The zero-order chi connectivity index (χ0) is 21.1. The Morgan fingerprint density at radius 2 is 1.83 bits per heavy atom. The van der Waals surface area contributed by atoms with E-state index in [1.165, 1.54) is 5.56 Å². The molecule has 1 amide bonds. The summed E-state index contributed by atoms with van der Waals surface area (Å²) in [7, 11) is 0. The number of amides is 1. The van der Waals surface area contributed by atoms with E-state index in [0.29, 0.717) is 23.0 Å². The lowest BCUT2D eigenvalue weighted by Gasteiger charge is -2.18. The molecule has 1 aliphatic rings. The van der Waals surface area contributed by atoms with Gasteiger partial charge in [-0.15, -0.1) is 0 Å². The Bertz CT molecular complexity index is 1110. The standard InChI is InChI=1S/C24H28N4O2/c1-3-27(4-2)16-18-9-7-17(8-10-18)15-25-23(29)19-11-12-20-21(14-19)26-22-6-5-13-28(22)24(20)30/h7-12,14H,3-6,13,15-16H2,1-2H3,(H,25,29). The fourth-order valence-electron chi connectivity index (χ4n) is 3.98. The minimum atomic E-state index is -0.161. The number of hydrogen-bond acceptors (Lipinski definition) is 4. The third kappa shape index (κ3) is 4.14. The number of aryl methyl sites for hydroxylation is 1. The average Bonchev–Trinajstić information content (AvgIpc) is 3.25. The largest absolute Gasteiger partial charge is 0.348 e. The SMILES string of the molecule is CCN(CC)Cc1ccc(CNC(=O)c2ccc3c(=O)n4c(nc3c2)CCC4)cc1. The smallest absolute Gasteiger partial charge is 0.261 e. The molecular formula is C24H28N4O2. The summed E-state index contributed by atoms with van der Waals surface area (Å²) in [6.07, 6.45) is 1.76. The molecule has 3 aromatic rings. The second-order valence-corrected chi connectivity index (χ2v) is 7.78. The summed E-state index contributed by atoms with van der Waals surface area (Å²) in [5.74, 6) is 0.654. The molecule has 0 spiro atoms. The molecule has 0 saturated heterocycles. The van der Waals surface area contributed by atoms with E-state index >= 15 is 0 Å². The number of nitrogens with one attached hydrogen (secondary N) is 1. The van der Waals surface area contributed by atoms with Crippen LogP contribution in [0.3, 0.4) is 0 Å². The van der Waals surface area contributed by atoms with E-state index in [-0.39, 0.29) is 11.5 Å². The van der Waals surface area contributed by atoms with Crippen molar-refractivity contribution in [1.29, 1.82) is 0 Å². The summed E-state index contributed by atoms with van der Waals surface area (Å²) in [6, 6.07) is 13.5. The molecule has 156 valence electrons. The van der Waals surface area contributed by atoms with E-state index < -0.39 is 0 Å². The summed E-state index contributed by atoms with van der Waals surface area (Å²) in [5.41, 5.74) is 3.44. The van der Waals surface area contributed by atoms with Gasteiger partial charge in [-0.2, -0.15) is 0 Å². The topological polar surface area (TPSA) is 67.2 Å². The number of benzene rings is 2. The summed E-state index contributed by atoms with van der Waals surface area (Å²) in [5, 5.41) is 3.54. The van der Waals surface area contributed by atoms with Crippen molar-refractivity contribution in [1.82, 2.24) is 19.8 Å². The van der Waals surface area contributed by atoms with Crippen molar-refractivity contribution in [3.05, 3.63) is 75.3 Å². The maximum atomic E-state index is 12.6. The first-order chi connectivity index (χ1) is 14.6. The zero-order valence-electron chi connectivity index (χ0n) is 17.6. The van der Waals surface area contributed by atoms with Crippen molar-refractivity contribution in [2.75, 3.05) is 13.1 Å². The second-order valence-electron chi connectivity index (χ2n) is 7.78. The highest BCUT2D eigenvalue weighted by molar-refractivity contribution is 5.97. The molecule has 0 fully saturated rings. The lowest BCUT2D eigenvalue weighted by atomic mass is 10.1. The number of aromatic nitrogens is 2. The number of carbonyl (C=O) groups excluding carboxylic acids is 1. The van der Waals surface area contributed by atoms with E-state index in [1.807, 2.05) is 0 Å². The monoisotopic (exact) mass is 404 g/mol. The minimum Gasteiger partial charge on any atom is -0.348 e. The highest BCUT2D eigenvalue weighted by Gasteiger charge is 2.17. The Balaban J connectivity index is 1.43. The van der Waals surface area contributed by atoms with Crippen LogP contribution < -0.4 is 10.9 Å². The minimum absolute atomic E-state index is 0.00994.